The maximum Gasteiger partial charge on any atom is 0.286 e. The van der Waals surface area contributed by atoms with E-state index in [2.05, 4.69) is 15.8 Å². The first-order chi connectivity index (χ1) is 13.5. The van der Waals surface area contributed by atoms with Crippen LogP contribution in [0.5, 0.6) is 23.0 Å². The molecule has 0 fully saturated rings. The van der Waals surface area contributed by atoms with E-state index in [4.69, 9.17) is 14.2 Å². The second kappa shape index (κ2) is 7.78. The maximum absolute atomic E-state index is 12.5. The number of phenolic OH excluding ortho intramolecular Hbond substituents is 1. The van der Waals surface area contributed by atoms with Crippen molar-refractivity contribution in [3.63, 3.8) is 0 Å². The molecule has 9 heteroatoms. The summed E-state index contributed by atoms with van der Waals surface area (Å²) in [7, 11) is 4.48. The fourth-order valence-electron chi connectivity index (χ4n) is 2.77. The fourth-order valence-corrected chi connectivity index (χ4v) is 2.77. The van der Waals surface area contributed by atoms with E-state index in [1.807, 2.05) is 0 Å². The van der Waals surface area contributed by atoms with Crippen molar-refractivity contribution < 1.29 is 28.9 Å². The van der Waals surface area contributed by atoms with Crippen LogP contribution in [0.3, 0.4) is 0 Å². The summed E-state index contributed by atoms with van der Waals surface area (Å²) in [4.78, 5) is 27.5. The van der Waals surface area contributed by atoms with Crippen LogP contribution in [-0.2, 0) is 0 Å². The van der Waals surface area contributed by atoms with Gasteiger partial charge in [-0.3, -0.25) is 20.4 Å². The van der Waals surface area contributed by atoms with Crippen LogP contribution in [0.25, 0.3) is 10.9 Å². The third-order valence-electron chi connectivity index (χ3n) is 4.12. The number of H-pyrrole nitrogens is 1. The van der Waals surface area contributed by atoms with Gasteiger partial charge < -0.3 is 24.3 Å². The van der Waals surface area contributed by atoms with Crippen molar-refractivity contribution in [1.82, 2.24) is 15.8 Å². The summed E-state index contributed by atoms with van der Waals surface area (Å²) in [5.74, 6) is -0.103. The molecule has 0 saturated carbocycles. The van der Waals surface area contributed by atoms with Crippen LogP contribution in [0.2, 0.25) is 0 Å². The first kappa shape index (κ1) is 18.9. The number of carbonyl (C=O) groups is 2. The van der Waals surface area contributed by atoms with Gasteiger partial charge in [-0.25, -0.2) is 0 Å². The van der Waals surface area contributed by atoms with Crippen LogP contribution in [-0.4, -0.2) is 43.2 Å². The summed E-state index contributed by atoms with van der Waals surface area (Å²) < 4.78 is 16.0. The van der Waals surface area contributed by atoms with Gasteiger partial charge in [-0.05, 0) is 18.2 Å². The second-order valence-corrected chi connectivity index (χ2v) is 5.71. The SMILES string of the molecule is COc1cc(OC)c2cc(C(=O)NNC(=O)c3ccccc3O)[nH]c2c1OC. The summed E-state index contributed by atoms with van der Waals surface area (Å²) in [6, 6.07) is 9.21. The molecule has 28 heavy (non-hydrogen) atoms. The molecule has 3 rings (SSSR count). The normalized spacial score (nSPS) is 10.4. The Morgan fingerprint density at radius 2 is 1.61 bits per heavy atom. The number of nitrogens with one attached hydrogen (secondary N) is 3. The number of aromatic nitrogens is 1. The zero-order chi connectivity index (χ0) is 20.3. The minimum atomic E-state index is -0.653. The molecule has 146 valence electrons. The molecule has 2 amide bonds. The van der Waals surface area contributed by atoms with Crippen molar-refractivity contribution in [3.8, 4) is 23.0 Å². The Morgan fingerprint density at radius 1 is 0.929 bits per heavy atom. The molecule has 0 bridgehead atoms. The lowest BCUT2D eigenvalue weighted by molar-refractivity contribution is 0.0843. The molecule has 0 atom stereocenters. The molecule has 0 radical (unpaired) electrons. The number of amides is 2. The number of ether oxygens (including phenoxy) is 3. The number of hydrogen-bond acceptors (Lipinski definition) is 6. The van der Waals surface area contributed by atoms with Gasteiger partial charge in [-0.15, -0.1) is 0 Å². The van der Waals surface area contributed by atoms with Crippen LogP contribution in [0, 0.1) is 0 Å². The quantitative estimate of drug-likeness (QED) is 0.498. The monoisotopic (exact) mass is 385 g/mol. The lowest BCUT2D eigenvalue weighted by Crippen LogP contribution is -2.41. The molecular formula is C19H19N3O6. The second-order valence-electron chi connectivity index (χ2n) is 5.71. The van der Waals surface area contributed by atoms with E-state index < -0.39 is 11.8 Å². The molecule has 1 aromatic heterocycles. The van der Waals surface area contributed by atoms with Crippen molar-refractivity contribution in [2.45, 2.75) is 0 Å². The van der Waals surface area contributed by atoms with Crippen molar-refractivity contribution in [2.75, 3.05) is 21.3 Å². The standard InChI is InChI=1S/C19H19N3O6/c1-26-14-9-15(27-2)17(28-3)16-11(14)8-12(20-16)19(25)22-21-18(24)10-6-4-5-7-13(10)23/h4-9,20,23H,1-3H3,(H,21,24)(H,22,25). The van der Waals surface area contributed by atoms with E-state index in [0.717, 1.165) is 0 Å². The molecule has 0 aliphatic carbocycles. The minimum absolute atomic E-state index is 0.0347. The summed E-state index contributed by atoms with van der Waals surface area (Å²) >= 11 is 0. The Kier molecular flexibility index (Phi) is 5.25. The van der Waals surface area contributed by atoms with Gasteiger partial charge in [0.05, 0.1) is 32.4 Å². The Hall–Kier alpha value is -3.88. The zero-order valence-electron chi connectivity index (χ0n) is 15.5. The van der Waals surface area contributed by atoms with Gasteiger partial charge >= 0.3 is 0 Å². The molecule has 9 nitrogen and oxygen atoms in total. The van der Waals surface area contributed by atoms with Crippen LogP contribution < -0.4 is 25.1 Å². The number of benzene rings is 2. The number of hydrazine groups is 1. The van der Waals surface area contributed by atoms with Gasteiger partial charge in [0.2, 0.25) is 0 Å². The summed E-state index contributed by atoms with van der Waals surface area (Å²) in [5.41, 5.74) is 5.26. The predicted molar refractivity (Wildman–Crippen MR) is 101 cm³/mol. The number of para-hydroxylation sites is 1. The zero-order valence-corrected chi connectivity index (χ0v) is 15.5. The number of carbonyl (C=O) groups excluding carboxylic acids is 2. The molecule has 1 heterocycles. The van der Waals surface area contributed by atoms with Crippen LogP contribution >= 0.6 is 0 Å². The van der Waals surface area contributed by atoms with Crippen LogP contribution in [0.15, 0.2) is 36.4 Å². The Bertz CT molecular complexity index is 1040. The first-order valence-corrected chi connectivity index (χ1v) is 8.20. The maximum atomic E-state index is 12.5. The highest BCUT2D eigenvalue weighted by Gasteiger charge is 2.20. The topological polar surface area (TPSA) is 122 Å². The molecule has 4 N–H and O–H groups in total. The largest absolute Gasteiger partial charge is 0.507 e. The highest BCUT2D eigenvalue weighted by atomic mass is 16.5. The van der Waals surface area contributed by atoms with Gasteiger partial charge in [0, 0.05) is 11.5 Å². The smallest absolute Gasteiger partial charge is 0.286 e. The molecule has 3 aromatic rings. The van der Waals surface area contributed by atoms with E-state index >= 15 is 0 Å². The van der Waals surface area contributed by atoms with E-state index in [1.54, 1.807) is 24.3 Å². The molecule has 0 saturated heterocycles. The van der Waals surface area contributed by atoms with Crippen molar-refractivity contribution >= 4 is 22.7 Å². The number of fused-ring (bicyclic) bond motifs is 1. The van der Waals surface area contributed by atoms with E-state index in [0.29, 0.717) is 28.2 Å². The highest BCUT2D eigenvalue weighted by molar-refractivity contribution is 6.04. The molecule has 0 aliphatic rings. The lowest BCUT2D eigenvalue weighted by Gasteiger charge is -2.11. The average molecular weight is 385 g/mol. The Morgan fingerprint density at radius 3 is 2.25 bits per heavy atom. The van der Waals surface area contributed by atoms with Crippen molar-refractivity contribution in [3.05, 3.63) is 47.7 Å². The first-order valence-electron chi connectivity index (χ1n) is 8.20. The lowest BCUT2D eigenvalue weighted by atomic mass is 10.2. The Labute approximate surface area is 160 Å². The molecule has 0 unspecified atom stereocenters. The van der Waals surface area contributed by atoms with E-state index in [-0.39, 0.29) is 17.0 Å². The summed E-state index contributed by atoms with van der Waals surface area (Å²) in [5, 5.41) is 10.3. The van der Waals surface area contributed by atoms with Crippen LogP contribution in [0.4, 0.5) is 0 Å². The number of rotatable bonds is 5. The third-order valence-corrected chi connectivity index (χ3v) is 4.12. The number of aromatic amines is 1. The number of aromatic hydroxyl groups is 1. The van der Waals surface area contributed by atoms with Gasteiger partial charge in [-0.1, -0.05) is 12.1 Å². The number of hydrogen-bond donors (Lipinski definition) is 4. The van der Waals surface area contributed by atoms with Gasteiger partial charge in [0.1, 0.15) is 17.2 Å². The van der Waals surface area contributed by atoms with Gasteiger partial charge in [0.15, 0.2) is 11.5 Å². The molecule has 0 spiro atoms. The van der Waals surface area contributed by atoms with Crippen LogP contribution in [0.1, 0.15) is 20.8 Å². The van der Waals surface area contributed by atoms with Gasteiger partial charge in [-0.2, -0.15) is 0 Å². The predicted octanol–water partition coefficient (Wildman–Crippen LogP) is 1.97. The number of methoxy groups -OCH3 is 3. The van der Waals surface area contributed by atoms with E-state index in [9.17, 15) is 14.7 Å². The van der Waals surface area contributed by atoms with Gasteiger partial charge in [0.25, 0.3) is 11.8 Å². The average Bonchev–Trinajstić information content (AvgIpc) is 3.16. The minimum Gasteiger partial charge on any atom is -0.507 e. The van der Waals surface area contributed by atoms with Crippen molar-refractivity contribution in [2.24, 2.45) is 0 Å². The third kappa shape index (κ3) is 3.37. The molecular weight excluding hydrogens is 366 g/mol. The van der Waals surface area contributed by atoms with E-state index in [1.165, 1.54) is 33.5 Å². The fraction of sp³-hybridized carbons (Fsp3) is 0.158. The van der Waals surface area contributed by atoms with Crippen molar-refractivity contribution in [1.29, 1.82) is 0 Å². The molecule has 0 aliphatic heterocycles. The number of phenols is 1. The Balaban J connectivity index is 1.86. The molecule has 2 aromatic carbocycles. The highest BCUT2D eigenvalue weighted by Crippen LogP contribution is 2.41. The summed E-state index contributed by atoms with van der Waals surface area (Å²) in [6.45, 7) is 0. The summed E-state index contributed by atoms with van der Waals surface area (Å²) in [6.07, 6.45) is 0.